The molecule has 0 radical (unpaired) electrons. The van der Waals surface area contributed by atoms with Crippen LogP contribution in [0.4, 0.5) is 43.9 Å². The van der Waals surface area contributed by atoms with E-state index in [4.69, 9.17) is 28.4 Å². The van der Waals surface area contributed by atoms with E-state index in [2.05, 4.69) is 70.7 Å². The first-order chi connectivity index (χ1) is 42.9. The SMILES string of the molecule is COCOc1ccc(C2(C)CSc3cc(OCOC)ccc3C2CCCCCCOCCSCCCC(F)(F)C(F)(F)F)cc1.C[C@]1(c2ccc(O)cc2)CSc2cc(O)ccc2[C@H]1CCCCCCOCCSCCCC(F)(F)C(F)(F)F.Cl.N/N=N/N=N/N. The molecule has 0 bridgehead atoms. The van der Waals surface area contributed by atoms with Crippen LogP contribution >= 0.6 is 59.5 Å². The number of thioether (sulfide) groups is 4. The zero-order valence-corrected chi connectivity index (χ0v) is 55.8. The smallest absolute Gasteiger partial charge is 0.453 e. The number of methoxy groups -OCH3 is 2. The van der Waals surface area contributed by atoms with Gasteiger partial charge in [0, 0.05) is 83.9 Å². The van der Waals surface area contributed by atoms with Crippen LogP contribution in [0.5, 0.6) is 23.0 Å². The molecule has 0 spiro atoms. The van der Waals surface area contributed by atoms with Crippen LogP contribution < -0.4 is 21.2 Å². The van der Waals surface area contributed by atoms with Gasteiger partial charge in [-0.2, -0.15) is 67.4 Å². The second kappa shape index (κ2) is 41.5. The lowest BCUT2D eigenvalue weighted by Gasteiger charge is -2.43. The van der Waals surface area contributed by atoms with Crippen LogP contribution in [0.3, 0.4) is 0 Å². The van der Waals surface area contributed by atoms with Crippen LogP contribution in [0.1, 0.15) is 138 Å². The molecule has 4 aromatic carbocycles. The molecule has 6 rings (SSSR count). The number of benzene rings is 4. The minimum absolute atomic E-state index is 0. The Morgan fingerprint density at radius 3 is 1.34 bits per heavy atom. The number of hydrogen-bond acceptors (Lipinski definition) is 14. The summed E-state index contributed by atoms with van der Waals surface area (Å²) in [5.41, 5.74) is 4.87. The first-order valence-corrected chi connectivity index (χ1v) is 33.9. The van der Waals surface area contributed by atoms with Gasteiger partial charge in [-0.25, -0.2) is 0 Å². The van der Waals surface area contributed by atoms with Crippen LogP contribution in [0, 0.1) is 0 Å². The Bertz CT molecular complexity index is 2710. The van der Waals surface area contributed by atoms with E-state index in [-0.39, 0.29) is 78.6 Å². The number of phenols is 2. The number of halogens is 11. The van der Waals surface area contributed by atoms with Crippen molar-refractivity contribution in [1.29, 1.82) is 0 Å². The first-order valence-electron chi connectivity index (χ1n) is 29.6. The van der Waals surface area contributed by atoms with E-state index in [9.17, 15) is 54.1 Å². The molecule has 91 heavy (non-hydrogen) atoms. The molecule has 6 N–H and O–H groups in total. The monoisotopic (exact) mass is 1400 g/mol. The Hall–Kier alpha value is -4.29. The summed E-state index contributed by atoms with van der Waals surface area (Å²) in [6.45, 7) is 7.15. The Balaban J connectivity index is 0.000000435. The molecule has 14 nitrogen and oxygen atoms in total. The van der Waals surface area contributed by atoms with Crippen molar-refractivity contribution in [3.8, 4) is 23.0 Å². The van der Waals surface area contributed by atoms with Gasteiger partial charge >= 0.3 is 24.2 Å². The molecule has 0 saturated carbocycles. The van der Waals surface area contributed by atoms with E-state index < -0.39 is 37.0 Å². The van der Waals surface area contributed by atoms with Gasteiger partial charge in [-0.15, -0.1) is 35.9 Å². The standard InChI is InChI=1S/C33H45F5O5S2.C29H37F5O3S2.ClH.H4N6/c1-31(25-10-12-26(13-11-25)42-23-39-2)22-45-30-21-27(43-24-40-3)14-15-28(30)29(31)9-6-4-5-7-17-41-18-20-44-19-8-16-32(34,35)33(36,37)38;1-27(21-8-10-22(35)11-9-21)20-39-26-19-23(36)12-13-24(26)25(27)7-4-2-3-5-15-37-16-18-38-17-6-14-28(30,31)29(32,33)34;;1-3-5-6-4-2/h10-15,21,29H,4-9,16-20,22-24H2,1-3H3;8-13,19,25,35-36H,2-7,14-18,20H2,1H3;1H;(H2,1,4,5)(H2,2,3,6)/t;25-,27-;;/m.1../s1. The molecule has 29 heteroatoms. The topological polar surface area (TPSA) is 197 Å². The predicted octanol–water partition coefficient (Wildman–Crippen LogP) is 18.4. The van der Waals surface area contributed by atoms with E-state index in [0.29, 0.717) is 43.9 Å². The van der Waals surface area contributed by atoms with Crippen LogP contribution in [0.2, 0.25) is 0 Å². The fourth-order valence-electron chi connectivity index (χ4n) is 10.4. The number of aromatic hydroxyl groups is 2. The van der Waals surface area contributed by atoms with E-state index in [1.807, 2.05) is 54.2 Å². The minimum atomic E-state index is -5.48. The summed E-state index contributed by atoms with van der Waals surface area (Å²) in [4.78, 5) is 2.36. The highest BCUT2D eigenvalue weighted by Gasteiger charge is 2.57. The highest BCUT2D eigenvalue weighted by atomic mass is 35.5. The minimum Gasteiger partial charge on any atom is -0.508 e. The molecule has 0 fully saturated rings. The Labute approximate surface area is 551 Å². The van der Waals surface area contributed by atoms with E-state index in [1.165, 1.54) is 50.7 Å². The third-order valence-corrected chi connectivity index (χ3v) is 20.3. The molecule has 2 aliphatic heterocycles. The quantitative estimate of drug-likeness (QED) is 0.00831. The van der Waals surface area contributed by atoms with Gasteiger partial charge in [0.15, 0.2) is 13.6 Å². The number of alkyl halides is 10. The number of ether oxygens (including phenoxy) is 6. The molecular formula is C62H87ClF10N6O8S4. The molecule has 2 aliphatic rings. The van der Waals surface area contributed by atoms with E-state index >= 15 is 0 Å². The third kappa shape index (κ3) is 27.2. The molecule has 514 valence electrons. The molecule has 0 amide bonds. The number of unbranched alkanes of at least 4 members (excludes halogenated alkanes) is 6. The van der Waals surface area contributed by atoms with Crippen molar-refractivity contribution in [3.63, 3.8) is 0 Å². The van der Waals surface area contributed by atoms with Gasteiger partial charge in [0.2, 0.25) is 0 Å². The Morgan fingerprint density at radius 1 is 0.505 bits per heavy atom. The number of phenolic OH excluding ortho intramolecular Hbond substituents is 2. The average Bonchev–Trinajstić information content (AvgIpc) is 0.787. The van der Waals surface area contributed by atoms with Gasteiger partial charge in [0.05, 0.1) is 13.2 Å². The lowest BCUT2D eigenvalue weighted by molar-refractivity contribution is -0.284. The van der Waals surface area contributed by atoms with Crippen molar-refractivity contribution in [3.05, 3.63) is 107 Å². The fourth-order valence-corrected chi connectivity index (χ4v) is 14.8. The molecule has 4 aromatic rings. The molecule has 0 aromatic heterocycles. The summed E-state index contributed by atoms with van der Waals surface area (Å²) in [6, 6.07) is 27.8. The lowest BCUT2D eigenvalue weighted by Crippen LogP contribution is -2.36. The first kappa shape index (κ1) is 80.9. The highest BCUT2D eigenvalue weighted by molar-refractivity contribution is 8.00. The number of hydrogen-bond donors (Lipinski definition) is 4. The van der Waals surface area contributed by atoms with Crippen LogP contribution in [-0.2, 0) is 29.8 Å². The molecule has 4 atom stereocenters. The van der Waals surface area contributed by atoms with Crippen molar-refractivity contribution in [1.82, 2.24) is 0 Å². The van der Waals surface area contributed by atoms with Crippen LogP contribution in [-0.4, -0.2) is 123 Å². The van der Waals surface area contributed by atoms with Crippen molar-refractivity contribution < 1.29 is 82.5 Å². The van der Waals surface area contributed by atoms with Crippen LogP contribution in [0.25, 0.3) is 0 Å². The Morgan fingerprint density at radius 2 is 0.901 bits per heavy atom. The summed E-state index contributed by atoms with van der Waals surface area (Å²) in [5.74, 6) is 5.87. The van der Waals surface area contributed by atoms with E-state index in [1.54, 1.807) is 44.2 Å². The number of nitrogens with two attached hydrogens (primary N) is 2. The van der Waals surface area contributed by atoms with Gasteiger partial charge < -0.3 is 50.3 Å². The maximum atomic E-state index is 12.9. The Kier molecular flexibility index (Phi) is 36.9. The predicted molar refractivity (Wildman–Crippen MR) is 344 cm³/mol. The normalized spacial score (nSPS) is 18.4. The maximum Gasteiger partial charge on any atom is 0.453 e. The van der Waals surface area contributed by atoms with Gasteiger partial charge in [-0.1, -0.05) is 99.2 Å². The summed E-state index contributed by atoms with van der Waals surface area (Å²) in [5, 5.41) is 30.8. The summed E-state index contributed by atoms with van der Waals surface area (Å²) in [6.07, 6.45) is -3.53. The zero-order valence-electron chi connectivity index (χ0n) is 51.7. The summed E-state index contributed by atoms with van der Waals surface area (Å²) < 4.78 is 157. The summed E-state index contributed by atoms with van der Waals surface area (Å²) in [7, 11) is 3.21. The van der Waals surface area contributed by atoms with Crippen molar-refractivity contribution in [2.24, 2.45) is 32.6 Å². The highest BCUT2D eigenvalue weighted by Crippen LogP contribution is 2.54. The number of fused-ring (bicyclic) bond motifs is 2. The second-order valence-electron chi connectivity index (χ2n) is 22.0. The van der Waals surface area contributed by atoms with Gasteiger partial charge in [0.25, 0.3) is 0 Å². The molecule has 2 heterocycles. The van der Waals surface area contributed by atoms with Gasteiger partial charge in [-0.3, -0.25) is 0 Å². The van der Waals surface area contributed by atoms with Crippen molar-refractivity contribution >= 4 is 59.5 Å². The lowest BCUT2D eigenvalue weighted by atomic mass is 9.68. The fraction of sp³-hybridized carbons (Fsp3) is 0.613. The molecular weight excluding hydrogens is 1310 g/mol. The van der Waals surface area contributed by atoms with Gasteiger partial charge in [0.1, 0.15) is 23.0 Å². The summed E-state index contributed by atoms with van der Waals surface area (Å²) >= 11 is 6.28. The third-order valence-electron chi connectivity index (χ3n) is 15.4. The second-order valence-corrected chi connectivity index (χ2v) is 26.5. The number of rotatable bonds is 37. The van der Waals surface area contributed by atoms with Crippen LogP contribution in [0.15, 0.2) is 116 Å². The molecule has 0 saturated heterocycles. The maximum absolute atomic E-state index is 12.9. The van der Waals surface area contributed by atoms with Crippen molar-refractivity contribution in [2.45, 2.75) is 160 Å². The van der Waals surface area contributed by atoms with Gasteiger partial charge in [-0.05, 0) is 143 Å². The largest absolute Gasteiger partial charge is 0.508 e. The number of nitrogens with zero attached hydrogens (tertiary/aromatic N) is 4. The van der Waals surface area contributed by atoms with E-state index in [0.717, 1.165) is 92.1 Å². The average molecular weight is 1400 g/mol. The molecule has 2 unspecified atom stereocenters. The zero-order chi connectivity index (χ0) is 66.1. The van der Waals surface area contributed by atoms with Crippen molar-refractivity contribution in [2.75, 3.05) is 88.8 Å². The molecule has 0 aliphatic carbocycles.